The van der Waals surface area contributed by atoms with E-state index in [4.69, 9.17) is 5.73 Å². The van der Waals surface area contributed by atoms with Gasteiger partial charge in [0, 0.05) is 17.2 Å². The van der Waals surface area contributed by atoms with E-state index in [1.807, 2.05) is 31.2 Å². The molecule has 2 rings (SSSR count). The third-order valence-electron chi connectivity index (χ3n) is 2.98. The lowest BCUT2D eigenvalue weighted by atomic mass is 10.1. The van der Waals surface area contributed by atoms with Gasteiger partial charge < -0.3 is 5.73 Å². The van der Waals surface area contributed by atoms with Gasteiger partial charge in [-0.15, -0.1) is 0 Å². The van der Waals surface area contributed by atoms with E-state index < -0.39 is 0 Å². The van der Waals surface area contributed by atoms with Gasteiger partial charge in [-0.05, 0) is 26.0 Å². The van der Waals surface area contributed by atoms with Gasteiger partial charge >= 0.3 is 0 Å². The van der Waals surface area contributed by atoms with E-state index in [0.29, 0.717) is 12.5 Å². The third-order valence-corrected chi connectivity index (χ3v) is 2.98. The highest BCUT2D eigenvalue weighted by Gasteiger charge is 2.10. The maximum atomic E-state index is 5.60. The summed E-state index contributed by atoms with van der Waals surface area (Å²) in [6.45, 7) is 4.79. The third kappa shape index (κ3) is 2.93. The molecule has 0 saturated heterocycles. The molecule has 0 radical (unpaired) electrons. The van der Waals surface area contributed by atoms with Crippen LogP contribution in [0.1, 0.15) is 30.8 Å². The van der Waals surface area contributed by atoms with E-state index in [9.17, 15) is 0 Å². The number of hydrogen-bond acceptors (Lipinski definition) is 3. The average Bonchev–Trinajstić information content (AvgIpc) is 2.39. The second-order valence-electron chi connectivity index (χ2n) is 4.60. The number of aryl methyl sites for hydroxylation is 1. The van der Waals surface area contributed by atoms with Crippen molar-refractivity contribution < 1.29 is 0 Å². The molecule has 1 aromatic heterocycles. The normalized spacial score (nSPS) is 12.4. The lowest BCUT2D eigenvalue weighted by Gasteiger charge is -2.11. The topological polar surface area (TPSA) is 51.8 Å². The summed E-state index contributed by atoms with van der Waals surface area (Å²) in [6.07, 6.45) is 0.914. The Bertz CT molecular complexity index is 508. The molecule has 94 valence electrons. The van der Waals surface area contributed by atoms with E-state index >= 15 is 0 Å². The van der Waals surface area contributed by atoms with Crippen LogP contribution in [-0.4, -0.2) is 16.5 Å². The molecule has 0 bridgehead atoms. The molecule has 0 aliphatic carbocycles. The van der Waals surface area contributed by atoms with Gasteiger partial charge in [0.15, 0.2) is 0 Å². The highest BCUT2D eigenvalue weighted by molar-refractivity contribution is 5.59. The van der Waals surface area contributed by atoms with Crippen molar-refractivity contribution in [1.82, 2.24) is 9.97 Å². The van der Waals surface area contributed by atoms with Crippen LogP contribution in [0.15, 0.2) is 36.4 Å². The van der Waals surface area contributed by atoms with Crippen molar-refractivity contribution in [2.24, 2.45) is 5.73 Å². The van der Waals surface area contributed by atoms with Crippen LogP contribution in [0.3, 0.4) is 0 Å². The van der Waals surface area contributed by atoms with E-state index in [-0.39, 0.29) is 0 Å². The van der Waals surface area contributed by atoms with Crippen molar-refractivity contribution in [3.05, 3.63) is 47.9 Å². The van der Waals surface area contributed by atoms with E-state index in [1.54, 1.807) is 0 Å². The largest absolute Gasteiger partial charge is 0.330 e. The van der Waals surface area contributed by atoms with Crippen molar-refractivity contribution >= 4 is 0 Å². The van der Waals surface area contributed by atoms with Crippen molar-refractivity contribution in [1.29, 1.82) is 0 Å². The van der Waals surface area contributed by atoms with Gasteiger partial charge in [-0.25, -0.2) is 9.97 Å². The van der Waals surface area contributed by atoms with Crippen LogP contribution in [0.4, 0.5) is 0 Å². The summed E-state index contributed by atoms with van der Waals surface area (Å²) in [5.74, 6) is 1.19. The molecule has 1 atom stereocenters. The molecule has 0 amide bonds. The lowest BCUT2D eigenvalue weighted by molar-refractivity contribution is 0.645. The zero-order chi connectivity index (χ0) is 13.0. The molecule has 0 aliphatic heterocycles. The predicted molar refractivity (Wildman–Crippen MR) is 74.3 cm³/mol. The maximum Gasteiger partial charge on any atom is 0.132 e. The summed E-state index contributed by atoms with van der Waals surface area (Å²) in [4.78, 5) is 9.17. The summed E-state index contributed by atoms with van der Waals surface area (Å²) in [7, 11) is 0. The summed E-state index contributed by atoms with van der Waals surface area (Å²) < 4.78 is 0. The second-order valence-corrected chi connectivity index (χ2v) is 4.60. The van der Waals surface area contributed by atoms with Gasteiger partial charge in [-0.3, -0.25) is 0 Å². The monoisotopic (exact) mass is 241 g/mol. The summed E-state index contributed by atoms with van der Waals surface area (Å²) in [5.41, 5.74) is 8.72. The number of rotatable bonds is 4. The van der Waals surface area contributed by atoms with Crippen molar-refractivity contribution in [3.63, 3.8) is 0 Å². The van der Waals surface area contributed by atoms with E-state index in [0.717, 1.165) is 29.2 Å². The van der Waals surface area contributed by atoms with E-state index in [1.165, 1.54) is 0 Å². The molecule has 0 aliphatic rings. The first-order valence-corrected chi connectivity index (χ1v) is 6.31. The minimum absolute atomic E-state index is 0.303. The highest BCUT2D eigenvalue weighted by Crippen LogP contribution is 2.21. The average molecular weight is 241 g/mol. The van der Waals surface area contributed by atoms with E-state index in [2.05, 4.69) is 29.0 Å². The Kier molecular flexibility index (Phi) is 4.05. The first-order chi connectivity index (χ1) is 8.70. The molecule has 2 aromatic rings. The Morgan fingerprint density at radius 2 is 1.89 bits per heavy atom. The van der Waals surface area contributed by atoms with Crippen LogP contribution in [0.2, 0.25) is 0 Å². The summed E-state index contributed by atoms with van der Waals surface area (Å²) in [6, 6.07) is 12.2. The van der Waals surface area contributed by atoms with Gasteiger partial charge in [0.1, 0.15) is 5.82 Å². The minimum Gasteiger partial charge on any atom is -0.330 e. The zero-order valence-electron chi connectivity index (χ0n) is 10.9. The van der Waals surface area contributed by atoms with Gasteiger partial charge in [-0.1, -0.05) is 37.3 Å². The van der Waals surface area contributed by atoms with Crippen molar-refractivity contribution in [2.75, 3.05) is 6.54 Å². The molecule has 0 fully saturated rings. The number of nitrogens with two attached hydrogens (primary N) is 1. The maximum absolute atomic E-state index is 5.60. The standard InChI is InChI=1S/C15H19N3/c1-11(8-9-16)15-17-12(2)10-14(18-15)13-6-4-3-5-7-13/h3-7,10-11H,8-9,16H2,1-2H3. The van der Waals surface area contributed by atoms with Crippen LogP contribution < -0.4 is 5.73 Å². The highest BCUT2D eigenvalue weighted by atomic mass is 14.9. The van der Waals surface area contributed by atoms with Gasteiger partial charge in [0.2, 0.25) is 0 Å². The Morgan fingerprint density at radius 3 is 2.56 bits per heavy atom. The molecule has 3 nitrogen and oxygen atoms in total. The Morgan fingerprint density at radius 1 is 1.17 bits per heavy atom. The number of benzene rings is 1. The number of aromatic nitrogens is 2. The molecular formula is C15H19N3. The fraction of sp³-hybridized carbons (Fsp3) is 0.333. The molecule has 1 unspecified atom stereocenters. The van der Waals surface area contributed by atoms with Crippen LogP contribution >= 0.6 is 0 Å². The Hall–Kier alpha value is -1.74. The smallest absolute Gasteiger partial charge is 0.132 e. The van der Waals surface area contributed by atoms with Crippen molar-refractivity contribution in [3.8, 4) is 11.3 Å². The first-order valence-electron chi connectivity index (χ1n) is 6.31. The van der Waals surface area contributed by atoms with Crippen LogP contribution in [0.5, 0.6) is 0 Å². The SMILES string of the molecule is Cc1cc(-c2ccccc2)nc(C(C)CCN)n1. The van der Waals surface area contributed by atoms with Crippen molar-refractivity contribution in [2.45, 2.75) is 26.2 Å². The van der Waals surface area contributed by atoms with Gasteiger partial charge in [0.25, 0.3) is 0 Å². The molecule has 0 spiro atoms. The molecule has 1 aromatic carbocycles. The Balaban J connectivity index is 2.38. The number of hydrogen-bond donors (Lipinski definition) is 1. The van der Waals surface area contributed by atoms with Gasteiger partial charge in [0.05, 0.1) is 5.69 Å². The predicted octanol–water partition coefficient (Wildman–Crippen LogP) is 2.90. The second kappa shape index (κ2) is 5.74. The van der Waals surface area contributed by atoms with Crippen LogP contribution in [-0.2, 0) is 0 Å². The van der Waals surface area contributed by atoms with Gasteiger partial charge in [-0.2, -0.15) is 0 Å². The van der Waals surface area contributed by atoms with Crippen LogP contribution in [0, 0.1) is 6.92 Å². The quantitative estimate of drug-likeness (QED) is 0.895. The lowest BCUT2D eigenvalue weighted by Crippen LogP contribution is -2.09. The number of nitrogens with zero attached hydrogens (tertiary/aromatic N) is 2. The fourth-order valence-electron chi connectivity index (χ4n) is 1.95. The summed E-state index contributed by atoms with van der Waals surface area (Å²) in [5, 5.41) is 0. The van der Waals surface area contributed by atoms with Crippen LogP contribution in [0.25, 0.3) is 11.3 Å². The molecule has 1 heterocycles. The Labute approximate surface area is 108 Å². The zero-order valence-corrected chi connectivity index (χ0v) is 10.9. The molecule has 2 N–H and O–H groups in total. The summed E-state index contributed by atoms with van der Waals surface area (Å²) >= 11 is 0. The molecule has 3 heteroatoms. The molecule has 18 heavy (non-hydrogen) atoms. The molecular weight excluding hydrogens is 222 g/mol. The fourth-order valence-corrected chi connectivity index (χ4v) is 1.95. The first kappa shape index (κ1) is 12.7. The minimum atomic E-state index is 0.303. The molecule has 0 saturated carbocycles.